The third-order valence-corrected chi connectivity index (χ3v) is 3.98. The van der Waals surface area contributed by atoms with Crippen molar-refractivity contribution in [3.05, 3.63) is 65.2 Å². The molecule has 94 valence electrons. The largest absolute Gasteiger partial charge is 0.323 e. The summed E-state index contributed by atoms with van der Waals surface area (Å²) in [7, 11) is 0. The van der Waals surface area contributed by atoms with Gasteiger partial charge in [-0.1, -0.05) is 47.5 Å². The van der Waals surface area contributed by atoms with Gasteiger partial charge in [-0.25, -0.2) is 0 Å². The number of rotatable bonds is 4. The monoisotopic (exact) mass is 257 g/mol. The van der Waals surface area contributed by atoms with Gasteiger partial charge in [0.25, 0.3) is 0 Å². The molecule has 0 saturated heterocycles. The highest BCUT2D eigenvalue weighted by Gasteiger charge is 2.07. The first kappa shape index (κ1) is 13.2. The molecule has 0 fully saturated rings. The van der Waals surface area contributed by atoms with Crippen molar-refractivity contribution in [2.24, 2.45) is 5.73 Å². The topological polar surface area (TPSA) is 26.0 Å². The molecule has 2 rings (SSSR count). The smallest absolute Gasteiger partial charge is 0.0390 e. The lowest BCUT2D eigenvalue weighted by atomic mass is 10.0. The molecule has 18 heavy (non-hydrogen) atoms. The second-order valence-corrected chi connectivity index (χ2v) is 5.75. The van der Waals surface area contributed by atoms with Gasteiger partial charge in [-0.15, -0.1) is 11.8 Å². The van der Waals surface area contributed by atoms with Gasteiger partial charge < -0.3 is 5.73 Å². The second-order valence-electron chi connectivity index (χ2n) is 4.65. The van der Waals surface area contributed by atoms with E-state index in [9.17, 15) is 0 Å². The quantitative estimate of drug-likeness (QED) is 0.835. The first-order valence-electron chi connectivity index (χ1n) is 6.17. The number of nitrogens with two attached hydrogens (primary N) is 1. The van der Waals surface area contributed by atoms with Gasteiger partial charge in [-0.2, -0.15) is 0 Å². The highest BCUT2D eigenvalue weighted by molar-refractivity contribution is 7.99. The van der Waals surface area contributed by atoms with Crippen molar-refractivity contribution < 1.29 is 0 Å². The maximum absolute atomic E-state index is 6.26. The van der Waals surface area contributed by atoms with Gasteiger partial charge in [0, 0.05) is 16.7 Å². The molecule has 0 bridgehead atoms. The van der Waals surface area contributed by atoms with E-state index in [2.05, 4.69) is 56.3 Å². The summed E-state index contributed by atoms with van der Waals surface area (Å²) in [6.45, 7) is 4.24. The zero-order valence-corrected chi connectivity index (χ0v) is 11.7. The minimum Gasteiger partial charge on any atom is -0.323 e. The van der Waals surface area contributed by atoms with Crippen LogP contribution in [0.2, 0.25) is 0 Å². The zero-order chi connectivity index (χ0) is 13.0. The SMILES string of the molecule is Cc1cc(C)cc(C(N)CSc2ccccc2)c1. The van der Waals surface area contributed by atoms with Gasteiger partial charge in [0.05, 0.1) is 0 Å². The molecule has 2 heteroatoms. The molecule has 0 spiro atoms. The third-order valence-electron chi connectivity index (χ3n) is 2.84. The average molecular weight is 257 g/mol. The first-order valence-corrected chi connectivity index (χ1v) is 7.15. The first-order chi connectivity index (χ1) is 8.65. The van der Waals surface area contributed by atoms with Crippen LogP contribution in [0.3, 0.4) is 0 Å². The predicted octanol–water partition coefficient (Wildman–Crippen LogP) is 4.10. The molecule has 2 aromatic rings. The maximum Gasteiger partial charge on any atom is 0.0390 e. The van der Waals surface area contributed by atoms with Crippen LogP contribution in [0, 0.1) is 13.8 Å². The van der Waals surface area contributed by atoms with Crippen molar-refractivity contribution >= 4 is 11.8 Å². The van der Waals surface area contributed by atoms with Gasteiger partial charge in [0.15, 0.2) is 0 Å². The molecule has 1 unspecified atom stereocenters. The van der Waals surface area contributed by atoms with Crippen LogP contribution in [-0.4, -0.2) is 5.75 Å². The molecule has 0 aliphatic carbocycles. The number of benzene rings is 2. The van der Waals surface area contributed by atoms with E-state index in [1.165, 1.54) is 21.6 Å². The summed E-state index contributed by atoms with van der Waals surface area (Å²) in [5, 5.41) is 0. The Kier molecular flexibility index (Phi) is 4.45. The van der Waals surface area contributed by atoms with Crippen LogP contribution < -0.4 is 5.73 Å². The Labute approximate surface area is 113 Å². The fraction of sp³-hybridized carbons (Fsp3) is 0.250. The van der Waals surface area contributed by atoms with E-state index < -0.39 is 0 Å². The Morgan fingerprint density at radius 3 is 2.22 bits per heavy atom. The van der Waals surface area contributed by atoms with Gasteiger partial charge in [0.2, 0.25) is 0 Å². The minimum atomic E-state index is 0.0915. The fourth-order valence-electron chi connectivity index (χ4n) is 2.02. The van der Waals surface area contributed by atoms with Crippen LogP contribution in [0.1, 0.15) is 22.7 Å². The Bertz CT molecular complexity index is 488. The van der Waals surface area contributed by atoms with E-state index in [1.54, 1.807) is 0 Å². The van der Waals surface area contributed by atoms with Crippen molar-refractivity contribution in [1.82, 2.24) is 0 Å². The second kappa shape index (κ2) is 6.07. The molecule has 0 heterocycles. The van der Waals surface area contributed by atoms with Crippen LogP contribution in [0.5, 0.6) is 0 Å². The van der Waals surface area contributed by atoms with Gasteiger partial charge >= 0.3 is 0 Å². The van der Waals surface area contributed by atoms with Crippen molar-refractivity contribution in [2.45, 2.75) is 24.8 Å². The summed E-state index contributed by atoms with van der Waals surface area (Å²) in [6, 6.07) is 17.0. The highest BCUT2D eigenvalue weighted by atomic mass is 32.2. The summed E-state index contributed by atoms with van der Waals surface area (Å²) in [5.74, 6) is 0.910. The Balaban J connectivity index is 2.01. The van der Waals surface area contributed by atoms with E-state index in [0.717, 1.165) is 5.75 Å². The molecule has 0 aliphatic rings. The van der Waals surface area contributed by atoms with Crippen LogP contribution >= 0.6 is 11.8 Å². The average Bonchev–Trinajstić information content (AvgIpc) is 2.36. The minimum absolute atomic E-state index is 0.0915. The van der Waals surface area contributed by atoms with Gasteiger partial charge in [-0.05, 0) is 31.5 Å². The van der Waals surface area contributed by atoms with Crippen LogP contribution in [0.4, 0.5) is 0 Å². The fourth-order valence-corrected chi connectivity index (χ4v) is 2.94. The third kappa shape index (κ3) is 3.62. The lowest BCUT2D eigenvalue weighted by Crippen LogP contribution is -2.13. The Morgan fingerprint density at radius 1 is 1.00 bits per heavy atom. The van der Waals surface area contributed by atoms with Gasteiger partial charge in [0.1, 0.15) is 0 Å². The number of hydrogen-bond acceptors (Lipinski definition) is 2. The van der Waals surface area contributed by atoms with Crippen molar-refractivity contribution in [2.75, 3.05) is 5.75 Å². The summed E-state index contributed by atoms with van der Waals surface area (Å²) in [5.41, 5.74) is 10.1. The number of aryl methyl sites for hydroxylation is 2. The molecular formula is C16H19NS. The van der Waals surface area contributed by atoms with E-state index in [1.807, 2.05) is 17.8 Å². The number of hydrogen-bond donors (Lipinski definition) is 1. The highest BCUT2D eigenvalue weighted by Crippen LogP contribution is 2.24. The van der Waals surface area contributed by atoms with E-state index in [-0.39, 0.29) is 6.04 Å². The van der Waals surface area contributed by atoms with E-state index in [0.29, 0.717) is 0 Å². The molecule has 0 aromatic heterocycles. The molecule has 0 aliphatic heterocycles. The summed E-state index contributed by atoms with van der Waals surface area (Å²) in [4.78, 5) is 1.28. The molecule has 2 N–H and O–H groups in total. The maximum atomic E-state index is 6.26. The van der Waals surface area contributed by atoms with Gasteiger partial charge in [-0.3, -0.25) is 0 Å². The molecule has 0 amide bonds. The predicted molar refractivity (Wildman–Crippen MR) is 80.0 cm³/mol. The van der Waals surface area contributed by atoms with Crippen LogP contribution in [0.25, 0.3) is 0 Å². The lowest BCUT2D eigenvalue weighted by Gasteiger charge is -2.13. The summed E-state index contributed by atoms with van der Waals surface area (Å²) >= 11 is 1.81. The lowest BCUT2D eigenvalue weighted by molar-refractivity contribution is 0.828. The normalized spacial score (nSPS) is 12.4. The summed E-state index contributed by atoms with van der Waals surface area (Å²) in [6.07, 6.45) is 0. The molecule has 1 atom stereocenters. The van der Waals surface area contributed by atoms with Crippen LogP contribution in [0.15, 0.2) is 53.4 Å². The molecule has 2 aromatic carbocycles. The van der Waals surface area contributed by atoms with Crippen molar-refractivity contribution in [3.63, 3.8) is 0 Å². The van der Waals surface area contributed by atoms with E-state index in [4.69, 9.17) is 5.73 Å². The van der Waals surface area contributed by atoms with Crippen molar-refractivity contribution in [3.8, 4) is 0 Å². The Hall–Kier alpha value is -1.25. The molecule has 0 saturated carbocycles. The molecule has 0 radical (unpaired) electrons. The standard InChI is InChI=1S/C16H19NS/c1-12-8-13(2)10-14(9-12)16(17)11-18-15-6-4-3-5-7-15/h3-10,16H,11,17H2,1-2H3. The summed E-state index contributed by atoms with van der Waals surface area (Å²) < 4.78 is 0. The zero-order valence-electron chi connectivity index (χ0n) is 10.9. The van der Waals surface area contributed by atoms with Crippen molar-refractivity contribution in [1.29, 1.82) is 0 Å². The Morgan fingerprint density at radius 2 is 1.61 bits per heavy atom. The number of thioether (sulfide) groups is 1. The van der Waals surface area contributed by atoms with E-state index >= 15 is 0 Å². The molecule has 1 nitrogen and oxygen atoms in total. The molecular weight excluding hydrogens is 238 g/mol. The van der Waals surface area contributed by atoms with Crippen LogP contribution in [-0.2, 0) is 0 Å².